The molecule has 376 valence electrons. The number of aliphatic hydroxyl groups is 2. The zero-order chi connectivity index (χ0) is 51.1. The zero-order valence-corrected chi connectivity index (χ0v) is 43.3. The van der Waals surface area contributed by atoms with Gasteiger partial charge in [0.1, 0.15) is 11.5 Å². The largest absolute Gasteiger partial charge is 0.497 e. The Morgan fingerprint density at radius 2 is 0.778 bits per heavy atom. The molecular formula is C62H72N4O6. The van der Waals surface area contributed by atoms with Crippen molar-refractivity contribution in [2.75, 3.05) is 69.7 Å². The van der Waals surface area contributed by atoms with Gasteiger partial charge in [0.2, 0.25) is 11.8 Å². The lowest BCUT2D eigenvalue weighted by Crippen LogP contribution is -2.40. The molecule has 0 radical (unpaired) electrons. The van der Waals surface area contributed by atoms with Crippen LogP contribution in [0.5, 0.6) is 23.3 Å². The quantitative estimate of drug-likeness (QED) is 0.0681. The van der Waals surface area contributed by atoms with Gasteiger partial charge in [0.15, 0.2) is 0 Å². The van der Waals surface area contributed by atoms with Gasteiger partial charge < -0.3 is 39.0 Å². The number of aryl methyl sites for hydroxylation is 2. The maximum absolute atomic E-state index is 12.5. The predicted molar refractivity (Wildman–Crippen MR) is 292 cm³/mol. The summed E-state index contributed by atoms with van der Waals surface area (Å²) >= 11 is 0. The number of aromatic nitrogens is 2. The molecule has 4 atom stereocenters. The van der Waals surface area contributed by atoms with Gasteiger partial charge in [0.25, 0.3) is 0 Å². The first-order valence-electron chi connectivity index (χ1n) is 24.8. The molecule has 8 rings (SSSR count). The van der Waals surface area contributed by atoms with Crippen molar-refractivity contribution in [1.29, 1.82) is 0 Å². The van der Waals surface area contributed by atoms with E-state index in [4.69, 9.17) is 28.9 Å². The number of ether oxygens (including phenoxy) is 4. The standard InChI is InChI=1S/2C31H36N2O3/c2*1-33(2)20-19-31(34,18-17-23-11-7-5-8-12-23)29(24-13-9-6-10-14-24)27-22-25-21-26(35-3)15-16-28(25)32-30(27)36-4/h2*5-16,21-22,29,34H,17-20H2,1-4H3. The number of nitrogens with zero attached hydrogens (tertiary/aromatic N) is 4. The Hall–Kier alpha value is -6.82. The van der Waals surface area contributed by atoms with E-state index in [2.05, 4.69) is 70.5 Å². The average Bonchev–Trinajstić information content (AvgIpc) is 3.41. The van der Waals surface area contributed by atoms with Gasteiger partial charge in [-0.05, 0) is 138 Å². The molecule has 4 unspecified atom stereocenters. The van der Waals surface area contributed by atoms with Crippen LogP contribution in [0.1, 0.15) is 70.9 Å². The van der Waals surface area contributed by atoms with Crippen molar-refractivity contribution >= 4 is 21.8 Å². The fourth-order valence-electron chi connectivity index (χ4n) is 9.82. The third kappa shape index (κ3) is 13.4. The van der Waals surface area contributed by atoms with Crippen LogP contribution in [0.4, 0.5) is 0 Å². The number of hydrogen-bond donors (Lipinski definition) is 2. The van der Waals surface area contributed by atoms with Gasteiger partial charge in [-0.3, -0.25) is 0 Å². The van der Waals surface area contributed by atoms with Crippen molar-refractivity contribution in [3.05, 3.63) is 203 Å². The van der Waals surface area contributed by atoms with E-state index >= 15 is 0 Å². The lowest BCUT2D eigenvalue weighted by Gasteiger charge is -2.38. The molecule has 72 heavy (non-hydrogen) atoms. The summed E-state index contributed by atoms with van der Waals surface area (Å²) in [5.74, 6) is 1.93. The summed E-state index contributed by atoms with van der Waals surface area (Å²) in [6, 6.07) is 57.0. The Labute approximate surface area is 426 Å². The molecule has 0 aliphatic rings. The van der Waals surface area contributed by atoms with Gasteiger partial charge in [0, 0.05) is 46.8 Å². The first-order valence-corrected chi connectivity index (χ1v) is 24.8. The normalized spacial score (nSPS) is 13.9. The smallest absolute Gasteiger partial charge is 0.217 e. The van der Waals surface area contributed by atoms with Gasteiger partial charge in [-0.15, -0.1) is 0 Å². The Morgan fingerprint density at radius 3 is 1.10 bits per heavy atom. The van der Waals surface area contributed by atoms with E-state index in [1.807, 2.05) is 137 Å². The highest BCUT2D eigenvalue weighted by Gasteiger charge is 2.42. The van der Waals surface area contributed by atoms with Crippen molar-refractivity contribution in [3.63, 3.8) is 0 Å². The highest BCUT2D eigenvalue weighted by Crippen LogP contribution is 2.46. The Kier molecular flexibility index (Phi) is 18.4. The fourth-order valence-corrected chi connectivity index (χ4v) is 9.82. The lowest BCUT2D eigenvalue weighted by atomic mass is 9.72. The summed E-state index contributed by atoms with van der Waals surface area (Å²) in [4.78, 5) is 13.9. The fraction of sp³-hybridized carbons (Fsp3) is 0.323. The van der Waals surface area contributed by atoms with Crippen LogP contribution in [0, 0.1) is 0 Å². The summed E-state index contributed by atoms with van der Waals surface area (Å²) in [5.41, 5.74) is 5.81. The second-order valence-electron chi connectivity index (χ2n) is 19.3. The molecule has 8 aromatic rings. The van der Waals surface area contributed by atoms with Crippen LogP contribution < -0.4 is 18.9 Å². The molecule has 0 fully saturated rings. The molecule has 0 saturated carbocycles. The summed E-state index contributed by atoms with van der Waals surface area (Å²) in [5, 5.41) is 27.0. The minimum atomic E-state index is -1.04. The van der Waals surface area contributed by atoms with Crippen molar-refractivity contribution in [2.24, 2.45) is 0 Å². The average molecular weight is 969 g/mol. The Balaban J connectivity index is 0.000000211. The lowest BCUT2D eigenvalue weighted by molar-refractivity contribution is 0.000436. The highest BCUT2D eigenvalue weighted by atomic mass is 16.5. The highest BCUT2D eigenvalue weighted by molar-refractivity contribution is 5.83. The van der Waals surface area contributed by atoms with Crippen LogP contribution in [0.2, 0.25) is 0 Å². The molecule has 0 spiro atoms. The van der Waals surface area contributed by atoms with Crippen LogP contribution in [-0.4, -0.2) is 111 Å². The maximum atomic E-state index is 12.5. The summed E-state index contributed by atoms with van der Waals surface area (Å²) in [6.07, 6.45) is 3.95. The van der Waals surface area contributed by atoms with E-state index in [9.17, 15) is 10.2 Å². The predicted octanol–water partition coefficient (Wildman–Crippen LogP) is 11.4. The van der Waals surface area contributed by atoms with Gasteiger partial charge in [-0.2, -0.15) is 0 Å². The molecule has 2 N–H and O–H groups in total. The zero-order valence-electron chi connectivity index (χ0n) is 43.3. The van der Waals surface area contributed by atoms with E-state index in [0.717, 1.165) is 81.5 Å². The van der Waals surface area contributed by atoms with E-state index in [0.29, 0.717) is 37.4 Å². The molecule has 10 nitrogen and oxygen atoms in total. The molecule has 0 bridgehead atoms. The summed E-state index contributed by atoms with van der Waals surface area (Å²) in [7, 11) is 14.8. The topological polar surface area (TPSA) is 110 Å². The first-order chi connectivity index (χ1) is 34.9. The van der Waals surface area contributed by atoms with Gasteiger partial charge in [-0.1, -0.05) is 121 Å². The van der Waals surface area contributed by atoms with Gasteiger partial charge in [-0.25, -0.2) is 9.97 Å². The number of fused-ring (bicyclic) bond motifs is 2. The number of benzene rings is 6. The Bertz CT molecular complexity index is 2720. The van der Waals surface area contributed by atoms with E-state index < -0.39 is 11.2 Å². The second-order valence-corrected chi connectivity index (χ2v) is 19.3. The van der Waals surface area contributed by atoms with Crippen molar-refractivity contribution < 1.29 is 29.2 Å². The molecule has 0 saturated heterocycles. The van der Waals surface area contributed by atoms with Crippen LogP contribution in [0.15, 0.2) is 170 Å². The van der Waals surface area contributed by atoms with Crippen LogP contribution in [-0.2, 0) is 12.8 Å². The molecule has 2 heterocycles. The molecule has 6 aromatic carbocycles. The van der Waals surface area contributed by atoms with Crippen LogP contribution in [0.3, 0.4) is 0 Å². The SMILES string of the molecule is COc1ccc2nc(OC)c(C(c3ccccc3)C(O)(CCc3ccccc3)CCN(C)C)cc2c1.COc1ccc2nc(OC)c(C(c3ccccc3)C(O)(CCc3ccccc3)CCN(C)C)cc2c1. The first kappa shape index (κ1) is 53.0. The monoisotopic (exact) mass is 969 g/mol. The molecule has 10 heteroatoms. The number of methoxy groups -OCH3 is 4. The molecule has 0 aliphatic heterocycles. The van der Waals surface area contributed by atoms with Crippen molar-refractivity contribution in [3.8, 4) is 23.3 Å². The minimum absolute atomic E-state index is 0.333. The third-order valence-corrected chi connectivity index (χ3v) is 13.7. The summed E-state index contributed by atoms with van der Waals surface area (Å²) in [6.45, 7) is 1.51. The minimum Gasteiger partial charge on any atom is -0.497 e. The second kappa shape index (κ2) is 25.0. The third-order valence-electron chi connectivity index (χ3n) is 13.7. The van der Waals surface area contributed by atoms with Gasteiger partial charge >= 0.3 is 0 Å². The molecule has 0 amide bonds. The Morgan fingerprint density at radius 1 is 0.431 bits per heavy atom. The number of rotatable bonds is 22. The van der Waals surface area contributed by atoms with Crippen LogP contribution >= 0.6 is 0 Å². The summed E-state index contributed by atoms with van der Waals surface area (Å²) < 4.78 is 22.6. The van der Waals surface area contributed by atoms with Crippen molar-refractivity contribution in [2.45, 2.75) is 61.6 Å². The van der Waals surface area contributed by atoms with Crippen LogP contribution in [0.25, 0.3) is 21.8 Å². The molecular weight excluding hydrogens is 897 g/mol. The number of pyridine rings is 2. The van der Waals surface area contributed by atoms with Gasteiger partial charge in [0.05, 0.1) is 50.7 Å². The molecule has 2 aromatic heterocycles. The van der Waals surface area contributed by atoms with Crippen molar-refractivity contribution in [1.82, 2.24) is 19.8 Å². The van der Waals surface area contributed by atoms with E-state index in [1.165, 1.54) is 11.1 Å². The number of hydrogen-bond acceptors (Lipinski definition) is 10. The molecule has 0 aliphatic carbocycles. The van der Waals surface area contributed by atoms with E-state index in [-0.39, 0.29) is 11.8 Å². The maximum Gasteiger partial charge on any atom is 0.217 e. The van der Waals surface area contributed by atoms with E-state index in [1.54, 1.807) is 28.4 Å².